The predicted octanol–water partition coefficient (Wildman–Crippen LogP) is 4.71. The fourth-order valence-corrected chi connectivity index (χ4v) is 3.60. The molecule has 118 valence electrons. The molecule has 1 amide bonds. The van der Waals surface area contributed by atoms with Crippen LogP contribution in [-0.2, 0) is 11.2 Å². The van der Waals surface area contributed by atoms with E-state index in [-0.39, 0.29) is 5.91 Å². The maximum atomic E-state index is 12.3. The molecule has 3 rings (SSSR count). The van der Waals surface area contributed by atoms with E-state index in [4.69, 9.17) is 0 Å². The third-order valence-electron chi connectivity index (χ3n) is 4.12. The number of anilines is 1. The van der Waals surface area contributed by atoms with Crippen LogP contribution in [0, 0.1) is 27.7 Å². The molecule has 0 saturated heterocycles. The molecule has 3 aromatic rings. The van der Waals surface area contributed by atoms with Gasteiger partial charge in [0.2, 0.25) is 5.91 Å². The molecule has 0 spiro atoms. The van der Waals surface area contributed by atoms with Crippen molar-refractivity contribution in [1.29, 1.82) is 0 Å². The normalized spacial score (nSPS) is 11.0. The highest BCUT2D eigenvalue weighted by molar-refractivity contribution is 7.22. The Morgan fingerprint density at radius 2 is 1.70 bits per heavy atom. The number of hydrogen-bond acceptors (Lipinski definition) is 3. The molecule has 0 aliphatic heterocycles. The number of aryl methyl sites for hydroxylation is 4. The molecular formula is C19H20N2OS. The lowest BCUT2D eigenvalue weighted by molar-refractivity contribution is -0.115. The standard InChI is InChI=1S/C19H20N2OS/c1-11-7-8-15(9-14(11)4)10-16(22)20-19-21-17-12(2)5-6-13(3)18(17)23-19/h5-9H,10H2,1-4H3,(H,20,21,22). The second-order valence-electron chi connectivity index (χ2n) is 6.04. The molecule has 0 radical (unpaired) electrons. The number of nitrogens with zero attached hydrogens (tertiary/aromatic N) is 1. The van der Waals surface area contributed by atoms with Crippen molar-refractivity contribution >= 4 is 32.6 Å². The molecule has 0 aliphatic rings. The van der Waals surface area contributed by atoms with Gasteiger partial charge in [-0.3, -0.25) is 4.79 Å². The fourth-order valence-electron chi connectivity index (χ4n) is 2.58. The number of carbonyl (C=O) groups is 1. The molecule has 1 aromatic heterocycles. The largest absolute Gasteiger partial charge is 0.302 e. The third kappa shape index (κ3) is 3.27. The SMILES string of the molecule is Cc1ccc(CC(=O)Nc2nc3c(C)ccc(C)c3s2)cc1C. The summed E-state index contributed by atoms with van der Waals surface area (Å²) in [5.74, 6) is -0.0254. The van der Waals surface area contributed by atoms with Gasteiger partial charge >= 0.3 is 0 Å². The summed E-state index contributed by atoms with van der Waals surface area (Å²) in [5, 5.41) is 3.61. The van der Waals surface area contributed by atoms with E-state index in [0.717, 1.165) is 21.3 Å². The van der Waals surface area contributed by atoms with Gasteiger partial charge in [-0.15, -0.1) is 0 Å². The highest BCUT2D eigenvalue weighted by atomic mass is 32.1. The number of aromatic nitrogens is 1. The van der Waals surface area contributed by atoms with E-state index in [0.29, 0.717) is 11.6 Å². The van der Waals surface area contributed by atoms with Crippen molar-refractivity contribution in [3.05, 3.63) is 58.1 Å². The number of hydrogen-bond donors (Lipinski definition) is 1. The van der Waals surface area contributed by atoms with Crippen LogP contribution in [0.25, 0.3) is 10.2 Å². The van der Waals surface area contributed by atoms with Crippen LogP contribution >= 0.6 is 11.3 Å². The fraction of sp³-hybridized carbons (Fsp3) is 0.263. The van der Waals surface area contributed by atoms with Gasteiger partial charge in [0.1, 0.15) is 0 Å². The summed E-state index contributed by atoms with van der Waals surface area (Å²) in [4.78, 5) is 16.9. The summed E-state index contributed by atoms with van der Waals surface area (Å²) < 4.78 is 1.14. The Hall–Kier alpha value is -2.20. The number of carbonyl (C=O) groups excluding carboxylic acids is 1. The first-order valence-corrected chi connectivity index (χ1v) is 8.48. The van der Waals surface area contributed by atoms with Crippen LogP contribution in [0.1, 0.15) is 27.8 Å². The Bertz CT molecular complexity index is 857. The van der Waals surface area contributed by atoms with Gasteiger partial charge in [-0.25, -0.2) is 4.98 Å². The molecule has 0 unspecified atom stereocenters. The Kier molecular flexibility index (Phi) is 4.18. The van der Waals surface area contributed by atoms with E-state index in [1.807, 2.05) is 13.0 Å². The predicted molar refractivity (Wildman–Crippen MR) is 97.3 cm³/mol. The van der Waals surface area contributed by atoms with Crippen LogP contribution in [0.3, 0.4) is 0 Å². The van der Waals surface area contributed by atoms with Crippen molar-refractivity contribution in [3.8, 4) is 0 Å². The first-order chi connectivity index (χ1) is 10.9. The summed E-state index contributed by atoms with van der Waals surface area (Å²) in [5.41, 5.74) is 6.79. The molecule has 1 N–H and O–H groups in total. The molecule has 23 heavy (non-hydrogen) atoms. The second kappa shape index (κ2) is 6.13. The van der Waals surface area contributed by atoms with Gasteiger partial charge in [-0.1, -0.05) is 41.7 Å². The Morgan fingerprint density at radius 3 is 2.39 bits per heavy atom. The summed E-state index contributed by atoms with van der Waals surface area (Å²) >= 11 is 1.54. The van der Waals surface area contributed by atoms with Crippen LogP contribution in [0.15, 0.2) is 30.3 Å². The smallest absolute Gasteiger partial charge is 0.230 e. The van der Waals surface area contributed by atoms with Crippen molar-refractivity contribution in [2.45, 2.75) is 34.1 Å². The zero-order chi connectivity index (χ0) is 16.6. The summed E-state index contributed by atoms with van der Waals surface area (Å²) in [6.45, 7) is 8.25. The molecule has 0 atom stereocenters. The van der Waals surface area contributed by atoms with E-state index in [1.54, 1.807) is 0 Å². The molecule has 0 bridgehead atoms. The van der Waals surface area contributed by atoms with Crippen LogP contribution in [0.5, 0.6) is 0 Å². The average Bonchev–Trinajstić information content (AvgIpc) is 2.92. The van der Waals surface area contributed by atoms with Gasteiger partial charge in [0.15, 0.2) is 5.13 Å². The molecule has 0 saturated carbocycles. The van der Waals surface area contributed by atoms with Gasteiger partial charge in [0.25, 0.3) is 0 Å². The van der Waals surface area contributed by atoms with Gasteiger partial charge in [0.05, 0.1) is 16.6 Å². The zero-order valence-corrected chi connectivity index (χ0v) is 14.7. The highest BCUT2D eigenvalue weighted by Gasteiger charge is 2.11. The quantitative estimate of drug-likeness (QED) is 0.758. The molecule has 0 aliphatic carbocycles. The number of benzene rings is 2. The van der Waals surface area contributed by atoms with E-state index in [1.165, 1.54) is 28.0 Å². The molecular weight excluding hydrogens is 304 g/mol. The average molecular weight is 324 g/mol. The van der Waals surface area contributed by atoms with Crippen LogP contribution in [0.2, 0.25) is 0 Å². The van der Waals surface area contributed by atoms with Crippen LogP contribution in [-0.4, -0.2) is 10.9 Å². The molecule has 0 fully saturated rings. The van der Waals surface area contributed by atoms with Crippen molar-refractivity contribution in [1.82, 2.24) is 4.98 Å². The lowest BCUT2D eigenvalue weighted by Gasteiger charge is -2.05. The number of rotatable bonds is 3. The highest BCUT2D eigenvalue weighted by Crippen LogP contribution is 2.30. The minimum atomic E-state index is -0.0254. The number of fused-ring (bicyclic) bond motifs is 1. The monoisotopic (exact) mass is 324 g/mol. The number of thiazole rings is 1. The molecule has 2 aromatic carbocycles. The van der Waals surface area contributed by atoms with E-state index < -0.39 is 0 Å². The lowest BCUT2D eigenvalue weighted by Crippen LogP contribution is -2.14. The third-order valence-corrected chi connectivity index (χ3v) is 5.23. The first-order valence-electron chi connectivity index (χ1n) is 7.67. The number of amides is 1. The van der Waals surface area contributed by atoms with Gasteiger partial charge < -0.3 is 5.32 Å². The molecule has 1 heterocycles. The summed E-state index contributed by atoms with van der Waals surface area (Å²) in [6.07, 6.45) is 0.370. The Labute approximate surface area is 140 Å². The van der Waals surface area contributed by atoms with Crippen molar-refractivity contribution in [3.63, 3.8) is 0 Å². The molecule has 4 heteroatoms. The minimum absolute atomic E-state index is 0.0254. The van der Waals surface area contributed by atoms with E-state index >= 15 is 0 Å². The zero-order valence-electron chi connectivity index (χ0n) is 13.9. The van der Waals surface area contributed by atoms with Crippen LogP contribution < -0.4 is 5.32 Å². The maximum Gasteiger partial charge on any atom is 0.230 e. The minimum Gasteiger partial charge on any atom is -0.302 e. The van der Waals surface area contributed by atoms with Gasteiger partial charge in [-0.05, 0) is 55.5 Å². The van der Waals surface area contributed by atoms with Gasteiger partial charge in [-0.2, -0.15) is 0 Å². The number of nitrogens with one attached hydrogen (secondary N) is 1. The van der Waals surface area contributed by atoms with Crippen molar-refractivity contribution < 1.29 is 4.79 Å². The first kappa shape index (κ1) is 15.7. The van der Waals surface area contributed by atoms with Crippen molar-refractivity contribution in [2.24, 2.45) is 0 Å². The van der Waals surface area contributed by atoms with E-state index in [2.05, 4.69) is 55.3 Å². The van der Waals surface area contributed by atoms with Gasteiger partial charge in [0, 0.05) is 0 Å². The Morgan fingerprint density at radius 1 is 1.00 bits per heavy atom. The molecule has 3 nitrogen and oxygen atoms in total. The lowest BCUT2D eigenvalue weighted by atomic mass is 10.0. The maximum absolute atomic E-state index is 12.3. The van der Waals surface area contributed by atoms with E-state index in [9.17, 15) is 4.79 Å². The Balaban J connectivity index is 1.79. The summed E-state index contributed by atoms with van der Waals surface area (Å²) in [6, 6.07) is 10.3. The topological polar surface area (TPSA) is 42.0 Å². The second-order valence-corrected chi connectivity index (χ2v) is 7.04. The summed E-state index contributed by atoms with van der Waals surface area (Å²) in [7, 11) is 0. The van der Waals surface area contributed by atoms with Crippen molar-refractivity contribution in [2.75, 3.05) is 5.32 Å². The van der Waals surface area contributed by atoms with Crippen LogP contribution in [0.4, 0.5) is 5.13 Å².